The summed E-state index contributed by atoms with van der Waals surface area (Å²) in [6.07, 6.45) is 2.28. The molecule has 36 heavy (non-hydrogen) atoms. The zero-order valence-corrected chi connectivity index (χ0v) is 21.9. The topological polar surface area (TPSA) is 83.0 Å². The molecule has 192 valence electrons. The van der Waals surface area contributed by atoms with E-state index in [1.165, 1.54) is 0 Å². The monoisotopic (exact) mass is 491 g/mol. The Labute approximate surface area is 214 Å². The highest BCUT2D eigenvalue weighted by Crippen LogP contribution is 2.27. The number of amides is 2. The Balaban J connectivity index is 1.87. The number of carbonyl (C=O) groups is 2. The summed E-state index contributed by atoms with van der Waals surface area (Å²) in [7, 11) is 1.77. The molecule has 2 amide bonds. The summed E-state index contributed by atoms with van der Waals surface area (Å²) in [5.41, 5.74) is 1.91. The Morgan fingerprint density at radius 3 is 2.67 bits per heavy atom. The van der Waals surface area contributed by atoms with Crippen molar-refractivity contribution in [3.8, 4) is 17.7 Å². The average Bonchev–Trinajstić information content (AvgIpc) is 2.86. The highest BCUT2D eigenvalue weighted by atomic mass is 16.5. The fourth-order valence-corrected chi connectivity index (χ4v) is 4.02. The summed E-state index contributed by atoms with van der Waals surface area (Å²) in [5.74, 6) is 6.54. The number of hydrogen-bond acceptors (Lipinski definition) is 5. The van der Waals surface area contributed by atoms with Gasteiger partial charge in [0.1, 0.15) is 11.7 Å². The van der Waals surface area contributed by atoms with Crippen molar-refractivity contribution < 1.29 is 19.4 Å². The number of aromatic nitrogens is 1. The van der Waals surface area contributed by atoms with Crippen LogP contribution in [0.2, 0.25) is 0 Å². The molecule has 0 bridgehead atoms. The van der Waals surface area contributed by atoms with Crippen molar-refractivity contribution in [2.75, 3.05) is 26.7 Å². The number of benzene rings is 1. The van der Waals surface area contributed by atoms with Gasteiger partial charge in [-0.15, -0.1) is 0 Å². The zero-order valence-electron chi connectivity index (χ0n) is 21.9. The maximum Gasteiger partial charge on any atom is 0.259 e. The van der Waals surface area contributed by atoms with Crippen LogP contribution in [0, 0.1) is 23.7 Å². The van der Waals surface area contributed by atoms with Gasteiger partial charge in [0.05, 0.1) is 25.6 Å². The molecule has 7 nitrogen and oxygen atoms in total. The number of aliphatic hydroxyl groups is 1. The van der Waals surface area contributed by atoms with Crippen molar-refractivity contribution in [2.24, 2.45) is 11.8 Å². The number of rotatable bonds is 7. The van der Waals surface area contributed by atoms with E-state index in [1.807, 2.05) is 44.2 Å². The lowest BCUT2D eigenvalue weighted by Gasteiger charge is -2.37. The minimum atomic E-state index is -0.389. The molecule has 0 fully saturated rings. The van der Waals surface area contributed by atoms with E-state index in [1.54, 1.807) is 29.1 Å². The van der Waals surface area contributed by atoms with Crippen LogP contribution >= 0.6 is 0 Å². The first-order valence-electron chi connectivity index (χ1n) is 12.5. The molecule has 0 aliphatic carbocycles. The summed E-state index contributed by atoms with van der Waals surface area (Å²) in [4.78, 5) is 34.2. The molecule has 1 N–H and O–H groups in total. The first-order valence-corrected chi connectivity index (χ1v) is 12.5. The van der Waals surface area contributed by atoms with Gasteiger partial charge in [0, 0.05) is 37.7 Å². The molecule has 1 aliphatic rings. The molecule has 3 rings (SSSR count). The SMILES string of the molecule is CC(C)CC#Cc1cnc2c(c1)C(=O)N([C@H](C)CO)C[C@@H](C)[C@H](CN(C)C(=O)Cc1ccccc1)O2. The predicted octanol–water partition coefficient (Wildman–Crippen LogP) is 3.40. The van der Waals surface area contributed by atoms with Crippen molar-refractivity contribution in [1.82, 2.24) is 14.8 Å². The quantitative estimate of drug-likeness (QED) is 0.601. The first kappa shape index (κ1) is 27.2. The highest BCUT2D eigenvalue weighted by Gasteiger charge is 2.34. The zero-order chi connectivity index (χ0) is 26.2. The van der Waals surface area contributed by atoms with E-state index in [4.69, 9.17) is 4.74 Å². The second-order valence-electron chi connectivity index (χ2n) is 10.0. The van der Waals surface area contributed by atoms with E-state index >= 15 is 0 Å². The minimum absolute atomic E-state index is 0.0142. The molecule has 0 radical (unpaired) electrons. The van der Waals surface area contributed by atoms with Gasteiger partial charge in [0.25, 0.3) is 5.91 Å². The van der Waals surface area contributed by atoms with Gasteiger partial charge in [-0.1, -0.05) is 62.9 Å². The summed E-state index contributed by atoms with van der Waals surface area (Å²) in [6, 6.07) is 11.0. The average molecular weight is 492 g/mol. The fourth-order valence-electron chi connectivity index (χ4n) is 4.02. The maximum atomic E-state index is 13.5. The van der Waals surface area contributed by atoms with Crippen LogP contribution in [0.5, 0.6) is 5.88 Å². The summed E-state index contributed by atoms with van der Waals surface area (Å²) < 4.78 is 6.29. The molecular formula is C29H37N3O4. The van der Waals surface area contributed by atoms with Crippen LogP contribution in [-0.4, -0.2) is 70.6 Å². The number of hydrogen-bond donors (Lipinski definition) is 1. The van der Waals surface area contributed by atoms with E-state index in [-0.39, 0.29) is 42.4 Å². The van der Waals surface area contributed by atoms with Crippen LogP contribution in [-0.2, 0) is 11.2 Å². The molecule has 2 heterocycles. The number of carbonyl (C=O) groups excluding carboxylic acids is 2. The molecule has 1 aliphatic heterocycles. The summed E-state index contributed by atoms with van der Waals surface area (Å²) >= 11 is 0. The van der Waals surface area contributed by atoms with Crippen molar-refractivity contribution in [2.45, 2.75) is 52.7 Å². The van der Waals surface area contributed by atoms with Crippen LogP contribution in [0.4, 0.5) is 0 Å². The lowest BCUT2D eigenvalue weighted by Crippen LogP contribution is -2.50. The van der Waals surface area contributed by atoms with Gasteiger partial charge < -0.3 is 19.6 Å². The van der Waals surface area contributed by atoms with Crippen molar-refractivity contribution >= 4 is 11.8 Å². The Kier molecular flexibility index (Phi) is 9.49. The van der Waals surface area contributed by atoms with Gasteiger partial charge >= 0.3 is 0 Å². The molecule has 0 spiro atoms. The maximum absolute atomic E-state index is 13.5. The highest BCUT2D eigenvalue weighted by molar-refractivity contribution is 5.97. The van der Waals surface area contributed by atoms with Gasteiger partial charge in [0.2, 0.25) is 11.8 Å². The molecule has 1 aromatic carbocycles. The Bertz CT molecular complexity index is 1110. The van der Waals surface area contributed by atoms with Gasteiger partial charge in [-0.2, -0.15) is 0 Å². The molecule has 3 atom stereocenters. The molecular weight excluding hydrogens is 454 g/mol. The Morgan fingerprint density at radius 2 is 2.00 bits per heavy atom. The van der Waals surface area contributed by atoms with Crippen LogP contribution in [0.3, 0.4) is 0 Å². The number of pyridine rings is 1. The lowest BCUT2D eigenvalue weighted by molar-refractivity contribution is -0.130. The van der Waals surface area contributed by atoms with Gasteiger partial charge in [-0.3, -0.25) is 9.59 Å². The van der Waals surface area contributed by atoms with Crippen molar-refractivity contribution in [3.63, 3.8) is 0 Å². The molecule has 0 saturated carbocycles. The fraction of sp³-hybridized carbons (Fsp3) is 0.483. The van der Waals surface area contributed by atoms with Gasteiger partial charge in [-0.25, -0.2) is 4.98 Å². The molecule has 7 heteroatoms. The van der Waals surface area contributed by atoms with Crippen molar-refractivity contribution in [1.29, 1.82) is 0 Å². The van der Waals surface area contributed by atoms with E-state index in [2.05, 4.69) is 30.7 Å². The van der Waals surface area contributed by atoms with Crippen LogP contribution in [0.15, 0.2) is 42.6 Å². The lowest BCUT2D eigenvalue weighted by atomic mass is 9.99. The third kappa shape index (κ3) is 7.08. The number of likely N-dealkylation sites (N-methyl/N-ethyl adjacent to an activating group) is 1. The second kappa shape index (κ2) is 12.5. The predicted molar refractivity (Wildman–Crippen MR) is 140 cm³/mol. The Morgan fingerprint density at radius 1 is 1.28 bits per heavy atom. The largest absolute Gasteiger partial charge is 0.472 e. The molecule has 2 aromatic rings. The summed E-state index contributed by atoms with van der Waals surface area (Å²) in [5, 5.41) is 9.83. The van der Waals surface area contributed by atoms with E-state index in [0.717, 1.165) is 12.0 Å². The van der Waals surface area contributed by atoms with Crippen LogP contribution in [0.1, 0.15) is 55.6 Å². The minimum Gasteiger partial charge on any atom is -0.472 e. The molecule has 0 saturated heterocycles. The van der Waals surface area contributed by atoms with Gasteiger partial charge in [0.15, 0.2) is 0 Å². The van der Waals surface area contributed by atoms with Crippen molar-refractivity contribution in [3.05, 3.63) is 59.3 Å². The van der Waals surface area contributed by atoms with Gasteiger partial charge in [-0.05, 0) is 24.5 Å². The molecule has 0 unspecified atom stereocenters. The number of fused-ring (bicyclic) bond motifs is 1. The number of aliphatic hydroxyl groups excluding tert-OH is 1. The van der Waals surface area contributed by atoms with E-state index < -0.39 is 0 Å². The third-order valence-electron chi connectivity index (χ3n) is 6.34. The third-order valence-corrected chi connectivity index (χ3v) is 6.34. The standard InChI is InChI=1S/C29H37N3O4/c1-20(2)10-9-13-24-14-25-28(30-16-24)36-26(21(3)17-32(29(25)35)22(4)19-33)18-31(5)27(34)15-23-11-7-6-8-12-23/h6-8,11-12,14,16,20-22,26,33H,10,15,17-19H2,1-5H3/t21-,22-,26+/m1/s1. The first-order chi connectivity index (χ1) is 17.2. The van der Waals surface area contributed by atoms with E-state index in [9.17, 15) is 14.7 Å². The van der Waals surface area contributed by atoms with E-state index in [0.29, 0.717) is 36.6 Å². The molecule has 1 aromatic heterocycles. The van der Waals surface area contributed by atoms with Crippen LogP contribution < -0.4 is 4.74 Å². The van der Waals surface area contributed by atoms with Crippen LogP contribution in [0.25, 0.3) is 0 Å². The summed E-state index contributed by atoms with van der Waals surface area (Å²) in [6.45, 7) is 8.58. The smallest absolute Gasteiger partial charge is 0.259 e. The normalized spacial score (nSPS) is 18.3. The number of nitrogens with zero attached hydrogens (tertiary/aromatic N) is 3. The second-order valence-corrected chi connectivity index (χ2v) is 10.0. The Hall–Kier alpha value is -3.37. The number of ether oxygens (including phenoxy) is 1.